The zero-order chi connectivity index (χ0) is 15.4. The Bertz CT molecular complexity index is 624. The van der Waals surface area contributed by atoms with Gasteiger partial charge < -0.3 is 11.1 Å². The molecule has 110 valence electrons. The molecule has 0 aliphatic carbocycles. The van der Waals surface area contributed by atoms with Crippen molar-refractivity contribution in [2.75, 3.05) is 5.32 Å². The van der Waals surface area contributed by atoms with Crippen LogP contribution in [0.2, 0.25) is 0 Å². The Morgan fingerprint density at radius 1 is 1.10 bits per heavy atom. The molecule has 0 fully saturated rings. The second-order valence-electron chi connectivity index (χ2n) is 4.51. The molecule has 3 nitrogen and oxygen atoms in total. The normalized spacial score (nSPS) is 12.0. The first-order chi connectivity index (χ1) is 9.97. The van der Waals surface area contributed by atoms with Crippen LogP contribution in [0.1, 0.15) is 18.0 Å². The number of carbonyl (C=O) groups excluding carboxylic acids is 1. The predicted molar refractivity (Wildman–Crippen MR) is 96.2 cm³/mol. The number of benzene rings is 2. The molecule has 21 heavy (non-hydrogen) atoms. The van der Waals surface area contributed by atoms with E-state index in [0.29, 0.717) is 5.69 Å². The smallest absolute Gasteiger partial charge is 0.226 e. The van der Waals surface area contributed by atoms with Gasteiger partial charge in [0.2, 0.25) is 5.91 Å². The Balaban J connectivity index is 2.06. The molecule has 1 atom stereocenters. The molecule has 0 bridgehead atoms. The van der Waals surface area contributed by atoms with Gasteiger partial charge in [-0.1, -0.05) is 46.3 Å². The van der Waals surface area contributed by atoms with E-state index in [9.17, 15) is 4.79 Å². The molecule has 0 spiro atoms. The molecule has 0 aromatic heterocycles. The van der Waals surface area contributed by atoms with E-state index in [1.807, 2.05) is 42.5 Å². The summed E-state index contributed by atoms with van der Waals surface area (Å²) in [4.78, 5) is 12.1. The number of anilines is 1. The van der Waals surface area contributed by atoms with Gasteiger partial charge in [0.15, 0.2) is 0 Å². The zero-order valence-corrected chi connectivity index (χ0v) is 15.7. The minimum Gasteiger partial charge on any atom is -0.324 e. The maximum Gasteiger partial charge on any atom is 0.226 e. The Morgan fingerprint density at radius 3 is 2.24 bits per heavy atom. The Labute approximate surface area is 148 Å². The number of carbonyl (C=O) groups is 1. The van der Waals surface area contributed by atoms with Gasteiger partial charge in [0.25, 0.3) is 0 Å². The topological polar surface area (TPSA) is 55.1 Å². The maximum atomic E-state index is 12.1. The third kappa shape index (κ3) is 4.64. The highest BCUT2D eigenvalue weighted by Gasteiger charge is 2.14. The molecule has 0 heterocycles. The van der Waals surface area contributed by atoms with Gasteiger partial charge in [-0.25, -0.2) is 0 Å². The number of halogens is 3. The quantitative estimate of drug-likeness (QED) is 0.652. The molecule has 2 rings (SSSR count). The molecule has 0 radical (unpaired) electrons. The van der Waals surface area contributed by atoms with Crippen LogP contribution < -0.4 is 11.1 Å². The molecule has 6 heteroatoms. The Hall–Kier alpha value is -0.690. The summed E-state index contributed by atoms with van der Waals surface area (Å²) in [5, 5.41) is 2.87. The monoisotopic (exact) mass is 474 g/mol. The average molecular weight is 477 g/mol. The lowest BCUT2D eigenvalue weighted by Crippen LogP contribution is -2.20. The van der Waals surface area contributed by atoms with Crippen LogP contribution in [0.3, 0.4) is 0 Å². The third-order valence-electron chi connectivity index (χ3n) is 2.90. The number of rotatable bonds is 4. The second-order valence-corrected chi connectivity index (χ2v) is 7.14. The molecular weight excluding hydrogens is 464 g/mol. The predicted octanol–water partition coefficient (Wildman–Crippen LogP) is 5.00. The number of hydrogen-bond donors (Lipinski definition) is 2. The fourth-order valence-electron chi connectivity index (χ4n) is 1.87. The van der Waals surface area contributed by atoms with Crippen LogP contribution in [0.25, 0.3) is 0 Å². The van der Waals surface area contributed by atoms with E-state index in [0.717, 1.165) is 19.0 Å². The lowest BCUT2D eigenvalue weighted by molar-refractivity contribution is -0.116. The van der Waals surface area contributed by atoms with Crippen LogP contribution in [-0.4, -0.2) is 5.91 Å². The van der Waals surface area contributed by atoms with Crippen LogP contribution >= 0.6 is 47.8 Å². The van der Waals surface area contributed by atoms with Crippen molar-refractivity contribution in [2.45, 2.75) is 12.5 Å². The van der Waals surface area contributed by atoms with Gasteiger partial charge in [0.05, 0.1) is 5.69 Å². The first kappa shape index (κ1) is 16.7. The molecular formula is C15H13Br3N2O. The van der Waals surface area contributed by atoms with Gasteiger partial charge in [-0.3, -0.25) is 4.79 Å². The Kier molecular flexibility index (Phi) is 5.98. The fraction of sp³-hybridized carbons (Fsp3) is 0.133. The molecule has 2 aromatic rings. The largest absolute Gasteiger partial charge is 0.324 e. The van der Waals surface area contributed by atoms with Gasteiger partial charge in [-0.05, 0) is 49.6 Å². The second kappa shape index (κ2) is 7.54. The summed E-state index contributed by atoms with van der Waals surface area (Å²) in [7, 11) is 0. The summed E-state index contributed by atoms with van der Waals surface area (Å²) in [6.45, 7) is 0. The zero-order valence-electron chi connectivity index (χ0n) is 10.9. The number of hydrogen-bond acceptors (Lipinski definition) is 2. The summed E-state index contributed by atoms with van der Waals surface area (Å²) >= 11 is 10.3. The van der Waals surface area contributed by atoms with Gasteiger partial charge in [-0.2, -0.15) is 0 Å². The highest BCUT2D eigenvalue weighted by molar-refractivity contribution is 9.11. The highest BCUT2D eigenvalue weighted by Crippen LogP contribution is 2.34. The average Bonchev–Trinajstić information content (AvgIpc) is 2.43. The number of nitrogens with one attached hydrogen (secondary N) is 1. The van der Waals surface area contributed by atoms with Gasteiger partial charge in [0, 0.05) is 25.9 Å². The lowest BCUT2D eigenvalue weighted by atomic mass is 10.0. The highest BCUT2D eigenvalue weighted by atomic mass is 79.9. The van der Waals surface area contributed by atoms with Crippen LogP contribution in [0.15, 0.2) is 55.9 Å². The summed E-state index contributed by atoms with van der Waals surface area (Å²) < 4.78 is 2.51. The fourth-order valence-corrected chi connectivity index (χ4v) is 4.33. The first-order valence-corrected chi connectivity index (χ1v) is 8.60. The van der Waals surface area contributed by atoms with E-state index in [2.05, 4.69) is 53.1 Å². The number of amides is 1. The van der Waals surface area contributed by atoms with Crippen LogP contribution in [0.4, 0.5) is 5.69 Å². The summed E-state index contributed by atoms with van der Waals surface area (Å²) in [6.07, 6.45) is 0.221. The molecule has 3 N–H and O–H groups in total. The SMILES string of the molecule is NC(CC(=O)Nc1c(Br)cc(Br)cc1Br)c1ccccc1. The van der Waals surface area contributed by atoms with Crippen molar-refractivity contribution >= 4 is 59.4 Å². The lowest BCUT2D eigenvalue weighted by Gasteiger charge is -2.14. The molecule has 2 aromatic carbocycles. The van der Waals surface area contributed by atoms with Crippen molar-refractivity contribution in [2.24, 2.45) is 5.73 Å². The van der Waals surface area contributed by atoms with Crippen molar-refractivity contribution in [3.63, 3.8) is 0 Å². The third-order valence-corrected chi connectivity index (χ3v) is 4.61. The van der Waals surface area contributed by atoms with E-state index in [1.165, 1.54) is 0 Å². The van der Waals surface area contributed by atoms with E-state index in [4.69, 9.17) is 5.73 Å². The minimum absolute atomic E-state index is 0.130. The maximum absolute atomic E-state index is 12.1. The van der Waals surface area contributed by atoms with Crippen molar-refractivity contribution in [1.82, 2.24) is 0 Å². The van der Waals surface area contributed by atoms with Gasteiger partial charge >= 0.3 is 0 Å². The Morgan fingerprint density at radius 2 is 1.67 bits per heavy atom. The van der Waals surface area contributed by atoms with E-state index in [-0.39, 0.29) is 18.4 Å². The molecule has 0 aliphatic heterocycles. The van der Waals surface area contributed by atoms with E-state index < -0.39 is 0 Å². The minimum atomic E-state index is -0.320. The molecule has 0 aliphatic rings. The van der Waals surface area contributed by atoms with Crippen molar-refractivity contribution in [3.05, 3.63) is 61.4 Å². The van der Waals surface area contributed by atoms with Gasteiger partial charge in [0.1, 0.15) is 0 Å². The van der Waals surface area contributed by atoms with Gasteiger partial charge in [-0.15, -0.1) is 0 Å². The number of nitrogens with two attached hydrogens (primary N) is 1. The molecule has 0 saturated heterocycles. The molecule has 1 unspecified atom stereocenters. The van der Waals surface area contributed by atoms with Crippen LogP contribution in [0.5, 0.6) is 0 Å². The molecule has 1 amide bonds. The van der Waals surface area contributed by atoms with E-state index in [1.54, 1.807) is 0 Å². The summed E-state index contributed by atoms with van der Waals surface area (Å²) in [6, 6.07) is 13.0. The van der Waals surface area contributed by atoms with E-state index >= 15 is 0 Å². The van der Waals surface area contributed by atoms with Crippen molar-refractivity contribution < 1.29 is 4.79 Å². The standard InChI is InChI=1S/C15H13Br3N2O/c16-10-6-11(17)15(12(18)7-10)20-14(21)8-13(19)9-4-2-1-3-5-9/h1-7,13H,8,19H2,(H,20,21). The summed E-state index contributed by atoms with van der Waals surface area (Å²) in [5.41, 5.74) is 7.70. The van der Waals surface area contributed by atoms with Crippen molar-refractivity contribution in [1.29, 1.82) is 0 Å². The molecule has 0 saturated carbocycles. The van der Waals surface area contributed by atoms with Crippen LogP contribution in [0, 0.1) is 0 Å². The van der Waals surface area contributed by atoms with Crippen molar-refractivity contribution in [3.8, 4) is 0 Å². The first-order valence-electron chi connectivity index (χ1n) is 6.22. The van der Waals surface area contributed by atoms with Crippen LogP contribution in [-0.2, 0) is 4.79 Å². The summed E-state index contributed by atoms with van der Waals surface area (Å²) in [5.74, 6) is -0.130.